The third kappa shape index (κ3) is 3.78. The number of aryl methyl sites for hydroxylation is 2. The molecule has 1 unspecified atom stereocenters. The van der Waals surface area contributed by atoms with Crippen LogP contribution in [0.15, 0.2) is 42.7 Å². The predicted molar refractivity (Wildman–Crippen MR) is 96.0 cm³/mol. The molecule has 5 heteroatoms. The summed E-state index contributed by atoms with van der Waals surface area (Å²) < 4.78 is 1.88. The maximum absolute atomic E-state index is 12.5. The molecule has 0 saturated carbocycles. The van der Waals surface area contributed by atoms with E-state index in [1.165, 1.54) is 11.3 Å². The van der Waals surface area contributed by atoms with Crippen LogP contribution in [0.1, 0.15) is 25.3 Å². The van der Waals surface area contributed by atoms with Crippen LogP contribution in [0.5, 0.6) is 0 Å². The largest absolute Gasteiger partial charge is 0.367 e. The van der Waals surface area contributed by atoms with Crippen LogP contribution in [0.2, 0.25) is 0 Å². The second-order valence-electron chi connectivity index (χ2n) is 6.54. The van der Waals surface area contributed by atoms with Gasteiger partial charge in [0, 0.05) is 56.7 Å². The molecule has 0 bridgehead atoms. The Labute approximate surface area is 143 Å². The number of nitrogens with zero attached hydrogens (tertiary/aromatic N) is 4. The number of hydrogen-bond donors (Lipinski definition) is 0. The lowest BCUT2D eigenvalue weighted by Gasteiger charge is -2.41. The summed E-state index contributed by atoms with van der Waals surface area (Å²) in [6.07, 6.45) is 5.14. The lowest BCUT2D eigenvalue weighted by atomic mass is 10.1. The molecule has 1 aromatic carbocycles. The van der Waals surface area contributed by atoms with E-state index in [0.717, 1.165) is 32.6 Å². The van der Waals surface area contributed by atoms with Crippen LogP contribution in [-0.2, 0) is 11.3 Å². The molecule has 3 rings (SSSR count). The van der Waals surface area contributed by atoms with Gasteiger partial charge in [-0.2, -0.15) is 5.10 Å². The Balaban J connectivity index is 1.51. The Morgan fingerprint density at radius 1 is 1.25 bits per heavy atom. The predicted octanol–water partition coefficient (Wildman–Crippen LogP) is 2.71. The Kier molecular flexibility index (Phi) is 5.18. The molecule has 1 amide bonds. The van der Waals surface area contributed by atoms with E-state index in [-0.39, 0.29) is 11.9 Å². The zero-order valence-electron chi connectivity index (χ0n) is 14.6. The van der Waals surface area contributed by atoms with E-state index in [4.69, 9.17) is 0 Å². The number of hydrogen-bond acceptors (Lipinski definition) is 3. The molecular formula is C19H26N4O. The van der Waals surface area contributed by atoms with Gasteiger partial charge in [-0.15, -0.1) is 0 Å². The highest BCUT2D eigenvalue weighted by Gasteiger charge is 2.27. The van der Waals surface area contributed by atoms with Gasteiger partial charge in [-0.1, -0.05) is 18.2 Å². The number of carbonyl (C=O) groups is 1. The number of aromatic nitrogens is 2. The molecule has 24 heavy (non-hydrogen) atoms. The molecule has 1 saturated heterocycles. The molecule has 0 radical (unpaired) electrons. The van der Waals surface area contributed by atoms with E-state index in [1.54, 1.807) is 6.20 Å². The van der Waals surface area contributed by atoms with Crippen molar-refractivity contribution in [3.63, 3.8) is 0 Å². The van der Waals surface area contributed by atoms with Gasteiger partial charge in [0.1, 0.15) is 0 Å². The van der Waals surface area contributed by atoms with Crippen LogP contribution in [0, 0.1) is 6.92 Å². The summed E-state index contributed by atoms with van der Waals surface area (Å²) in [6, 6.07) is 10.6. The second kappa shape index (κ2) is 7.51. The molecule has 2 aromatic rings. The molecule has 1 aliphatic rings. The standard InChI is InChI=1S/C19H26N4O/c1-16-7-3-4-8-18(16)21-13-14-23(17(2)15-21)19(24)9-5-11-22-12-6-10-20-22/h3-4,6-8,10,12,17H,5,9,11,13-15H2,1-2H3. The molecular weight excluding hydrogens is 300 g/mol. The summed E-state index contributed by atoms with van der Waals surface area (Å²) in [5.41, 5.74) is 2.58. The monoisotopic (exact) mass is 326 g/mol. The highest BCUT2D eigenvalue weighted by Crippen LogP contribution is 2.23. The second-order valence-corrected chi connectivity index (χ2v) is 6.54. The minimum atomic E-state index is 0.246. The summed E-state index contributed by atoms with van der Waals surface area (Å²) >= 11 is 0. The Morgan fingerprint density at radius 3 is 2.79 bits per heavy atom. The molecule has 2 heterocycles. The number of amides is 1. The fourth-order valence-corrected chi connectivity index (χ4v) is 3.43. The average Bonchev–Trinajstić information content (AvgIpc) is 3.08. The highest BCUT2D eigenvalue weighted by atomic mass is 16.2. The SMILES string of the molecule is Cc1ccccc1N1CCN(C(=O)CCCn2cccn2)C(C)C1. The minimum Gasteiger partial charge on any atom is -0.367 e. The Morgan fingerprint density at radius 2 is 2.08 bits per heavy atom. The molecule has 0 aliphatic carbocycles. The summed E-state index contributed by atoms with van der Waals surface area (Å²) in [7, 11) is 0. The van der Waals surface area contributed by atoms with Crippen LogP contribution < -0.4 is 4.90 Å². The maximum atomic E-state index is 12.5. The first-order valence-electron chi connectivity index (χ1n) is 8.72. The first-order valence-corrected chi connectivity index (χ1v) is 8.72. The smallest absolute Gasteiger partial charge is 0.222 e. The van der Waals surface area contributed by atoms with Crippen LogP contribution >= 0.6 is 0 Å². The minimum absolute atomic E-state index is 0.246. The lowest BCUT2D eigenvalue weighted by Crippen LogP contribution is -2.54. The van der Waals surface area contributed by atoms with Crippen molar-refractivity contribution in [1.82, 2.24) is 14.7 Å². The van der Waals surface area contributed by atoms with Crippen molar-refractivity contribution in [2.75, 3.05) is 24.5 Å². The third-order valence-electron chi connectivity index (χ3n) is 4.74. The van der Waals surface area contributed by atoms with Gasteiger partial charge in [0.05, 0.1) is 0 Å². The maximum Gasteiger partial charge on any atom is 0.222 e. The summed E-state index contributed by atoms with van der Waals surface area (Å²) in [4.78, 5) is 17.0. The van der Waals surface area contributed by atoms with Gasteiger partial charge in [0.15, 0.2) is 0 Å². The van der Waals surface area contributed by atoms with Crippen LogP contribution in [0.3, 0.4) is 0 Å². The first kappa shape index (κ1) is 16.6. The normalized spacial score (nSPS) is 18.0. The van der Waals surface area contributed by atoms with E-state index < -0.39 is 0 Å². The van der Waals surface area contributed by atoms with Gasteiger partial charge < -0.3 is 9.80 Å². The van der Waals surface area contributed by atoms with E-state index in [0.29, 0.717) is 6.42 Å². The van der Waals surface area contributed by atoms with Crippen LogP contribution in [0.25, 0.3) is 0 Å². The highest BCUT2D eigenvalue weighted by molar-refractivity contribution is 5.77. The van der Waals surface area contributed by atoms with Crippen molar-refractivity contribution in [3.05, 3.63) is 48.3 Å². The molecule has 128 valence electrons. The fourth-order valence-electron chi connectivity index (χ4n) is 3.43. The van der Waals surface area contributed by atoms with Gasteiger partial charge in [-0.05, 0) is 38.0 Å². The topological polar surface area (TPSA) is 41.4 Å². The number of carbonyl (C=O) groups excluding carboxylic acids is 1. The van der Waals surface area contributed by atoms with Crippen molar-refractivity contribution in [3.8, 4) is 0 Å². The van der Waals surface area contributed by atoms with Gasteiger partial charge in [0.2, 0.25) is 5.91 Å². The molecule has 0 N–H and O–H groups in total. The van der Waals surface area contributed by atoms with Crippen molar-refractivity contribution in [2.24, 2.45) is 0 Å². The van der Waals surface area contributed by atoms with Crippen molar-refractivity contribution in [1.29, 1.82) is 0 Å². The average molecular weight is 326 g/mol. The van der Waals surface area contributed by atoms with Crippen LogP contribution in [0.4, 0.5) is 5.69 Å². The first-order chi connectivity index (χ1) is 11.6. The van der Waals surface area contributed by atoms with Gasteiger partial charge in [0.25, 0.3) is 0 Å². The number of para-hydroxylation sites is 1. The fraction of sp³-hybridized carbons (Fsp3) is 0.474. The van der Waals surface area contributed by atoms with E-state index in [1.807, 2.05) is 21.8 Å². The lowest BCUT2D eigenvalue weighted by molar-refractivity contribution is -0.133. The molecule has 5 nitrogen and oxygen atoms in total. The van der Waals surface area contributed by atoms with Gasteiger partial charge in [-0.25, -0.2) is 0 Å². The Bertz CT molecular complexity index is 668. The molecule has 0 spiro atoms. The van der Waals surface area contributed by atoms with E-state index in [9.17, 15) is 4.79 Å². The molecule has 1 aromatic heterocycles. The number of benzene rings is 1. The van der Waals surface area contributed by atoms with Gasteiger partial charge in [-0.3, -0.25) is 9.48 Å². The zero-order chi connectivity index (χ0) is 16.9. The summed E-state index contributed by atoms with van der Waals surface area (Å²) in [6.45, 7) is 7.70. The quantitative estimate of drug-likeness (QED) is 0.848. The molecule has 1 aliphatic heterocycles. The molecule has 1 atom stereocenters. The van der Waals surface area contributed by atoms with E-state index in [2.05, 4.69) is 48.1 Å². The van der Waals surface area contributed by atoms with Crippen LogP contribution in [-0.4, -0.2) is 46.3 Å². The third-order valence-corrected chi connectivity index (χ3v) is 4.74. The van der Waals surface area contributed by atoms with E-state index >= 15 is 0 Å². The molecule has 1 fully saturated rings. The number of anilines is 1. The van der Waals surface area contributed by atoms with Crippen molar-refractivity contribution < 1.29 is 4.79 Å². The number of piperazine rings is 1. The van der Waals surface area contributed by atoms with Crippen molar-refractivity contribution >= 4 is 11.6 Å². The summed E-state index contributed by atoms with van der Waals surface area (Å²) in [5.74, 6) is 0.263. The zero-order valence-corrected chi connectivity index (χ0v) is 14.6. The Hall–Kier alpha value is -2.30. The summed E-state index contributed by atoms with van der Waals surface area (Å²) in [5, 5.41) is 4.18. The van der Waals surface area contributed by atoms with Gasteiger partial charge >= 0.3 is 0 Å². The number of rotatable bonds is 5. The van der Waals surface area contributed by atoms with Crippen molar-refractivity contribution in [2.45, 2.75) is 39.3 Å².